The molecule has 16 heavy (non-hydrogen) atoms. The molecule has 5 heteroatoms. The first-order valence-corrected chi connectivity index (χ1v) is 4.82. The molecule has 0 unspecified atom stereocenters. The third-order valence-electron chi connectivity index (χ3n) is 1.92. The smallest absolute Gasteiger partial charge is 0.311 e. The number of anilines is 1. The molecule has 0 bridgehead atoms. The predicted octanol–water partition coefficient (Wildman–Crippen LogP) is 1.50. The minimum Gasteiger partial charge on any atom is -0.481 e. The lowest BCUT2D eigenvalue weighted by Gasteiger charge is -2.08. The van der Waals surface area contributed by atoms with Gasteiger partial charge in [0.25, 0.3) is 0 Å². The number of carbonyl (C=O) groups excluding carboxylic acids is 1. The van der Waals surface area contributed by atoms with Crippen molar-refractivity contribution in [2.75, 3.05) is 12.4 Å². The van der Waals surface area contributed by atoms with Crippen LogP contribution in [0.4, 0.5) is 5.69 Å². The summed E-state index contributed by atoms with van der Waals surface area (Å²) in [5.74, 6) is -1.16. The van der Waals surface area contributed by atoms with E-state index in [1.54, 1.807) is 31.3 Å². The van der Waals surface area contributed by atoms with E-state index in [2.05, 4.69) is 5.32 Å². The Labute approximate surface area is 93.0 Å². The Morgan fingerprint density at radius 1 is 1.31 bits per heavy atom. The maximum Gasteiger partial charge on any atom is 0.311 e. The summed E-state index contributed by atoms with van der Waals surface area (Å²) in [6.45, 7) is 0. The van der Waals surface area contributed by atoms with E-state index in [-0.39, 0.29) is 12.8 Å². The zero-order valence-corrected chi connectivity index (χ0v) is 8.90. The molecule has 0 amide bonds. The number of hydrogen-bond donors (Lipinski definition) is 2. The van der Waals surface area contributed by atoms with Crippen molar-refractivity contribution in [3.63, 3.8) is 0 Å². The molecule has 0 radical (unpaired) electrons. The van der Waals surface area contributed by atoms with Crippen molar-refractivity contribution in [2.24, 2.45) is 0 Å². The van der Waals surface area contributed by atoms with E-state index in [1.807, 2.05) is 0 Å². The third kappa shape index (κ3) is 3.61. The van der Waals surface area contributed by atoms with Gasteiger partial charge in [-0.25, -0.2) is 0 Å². The number of ether oxygens (including phenoxy) is 1. The van der Waals surface area contributed by atoms with E-state index >= 15 is 0 Å². The van der Waals surface area contributed by atoms with E-state index in [4.69, 9.17) is 9.84 Å². The van der Waals surface area contributed by atoms with Crippen molar-refractivity contribution in [1.29, 1.82) is 0 Å². The highest BCUT2D eigenvalue weighted by Gasteiger charge is 2.09. The Morgan fingerprint density at radius 2 is 2.00 bits per heavy atom. The average molecular weight is 223 g/mol. The van der Waals surface area contributed by atoms with Crippen LogP contribution < -0.4 is 10.1 Å². The molecule has 0 atom stereocenters. The number of esters is 1. The van der Waals surface area contributed by atoms with Gasteiger partial charge in [0.1, 0.15) is 0 Å². The number of carboxylic acids is 1. The number of carboxylic acid groups (broad SMARTS) is 1. The monoisotopic (exact) mass is 223 g/mol. The highest BCUT2D eigenvalue weighted by atomic mass is 16.5. The summed E-state index contributed by atoms with van der Waals surface area (Å²) in [6.07, 6.45) is -0.353. The van der Waals surface area contributed by atoms with Gasteiger partial charge in [-0.15, -0.1) is 0 Å². The largest absolute Gasteiger partial charge is 0.481 e. The number of benzene rings is 1. The lowest BCUT2D eigenvalue weighted by atomic mass is 10.3. The molecule has 0 saturated carbocycles. The van der Waals surface area contributed by atoms with E-state index < -0.39 is 11.9 Å². The highest BCUT2D eigenvalue weighted by molar-refractivity contribution is 5.79. The lowest BCUT2D eigenvalue weighted by Crippen LogP contribution is -2.11. The van der Waals surface area contributed by atoms with E-state index in [9.17, 15) is 9.59 Å². The lowest BCUT2D eigenvalue weighted by molar-refractivity contribution is -0.142. The van der Waals surface area contributed by atoms with Crippen LogP contribution in [0, 0.1) is 0 Å². The fourth-order valence-corrected chi connectivity index (χ4v) is 1.14. The van der Waals surface area contributed by atoms with Crippen molar-refractivity contribution < 1.29 is 19.4 Å². The van der Waals surface area contributed by atoms with Crippen LogP contribution in [0.25, 0.3) is 0 Å². The summed E-state index contributed by atoms with van der Waals surface area (Å²) in [7, 11) is 1.71. The summed E-state index contributed by atoms with van der Waals surface area (Å²) >= 11 is 0. The van der Waals surface area contributed by atoms with Gasteiger partial charge in [-0.3, -0.25) is 9.59 Å². The van der Waals surface area contributed by atoms with Crippen LogP contribution in [0.15, 0.2) is 24.3 Å². The summed E-state index contributed by atoms with van der Waals surface area (Å²) in [4.78, 5) is 21.5. The van der Waals surface area contributed by atoms with Crippen LogP contribution in [0.3, 0.4) is 0 Å². The molecule has 86 valence electrons. The van der Waals surface area contributed by atoms with Crippen LogP contribution in [0.1, 0.15) is 12.8 Å². The minimum absolute atomic E-state index is 0.132. The highest BCUT2D eigenvalue weighted by Crippen LogP contribution is 2.23. The molecule has 1 aromatic rings. The van der Waals surface area contributed by atoms with Crippen LogP contribution in [-0.4, -0.2) is 24.1 Å². The summed E-state index contributed by atoms with van der Waals surface area (Å²) < 4.78 is 5.02. The normalized spacial score (nSPS) is 9.56. The Kier molecular flexibility index (Phi) is 4.32. The molecular formula is C11H13NO4. The number of hydrogen-bond acceptors (Lipinski definition) is 4. The second kappa shape index (κ2) is 5.75. The zero-order chi connectivity index (χ0) is 12.0. The van der Waals surface area contributed by atoms with Gasteiger partial charge >= 0.3 is 11.9 Å². The molecule has 2 N–H and O–H groups in total. The quantitative estimate of drug-likeness (QED) is 0.584. The van der Waals surface area contributed by atoms with Crippen LogP contribution in [-0.2, 0) is 9.59 Å². The van der Waals surface area contributed by atoms with Gasteiger partial charge in [0, 0.05) is 7.05 Å². The standard InChI is InChI=1S/C11H13NO4/c1-12-8-4-2-3-5-9(8)16-11(15)7-6-10(13)14/h2-5,12H,6-7H2,1H3,(H,13,14). The zero-order valence-electron chi connectivity index (χ0n) is 8.90. The average Bonchev–Trinajstić information content (AvgIpc) is 2.27. The topological polar surface area (TPSA) is 75.6 Å². The van der Waals surface area contributed by atoms with Crippen LogP contribution >= 0.6 is 0 Å². The molecule has 0 aliphatic carbocycles. The molecule has 5 nitrogen and oxygen atoms in total. The van der Waals surface area contributed by atoms with E-state index in [0.29, 0.717) is 11.4 Å². The maximum absolute atomic E-state index is 11.3. The summed E-state index contributed by atoms with van der Waals surface area (Å²) in [6, 6.07) is 6.95. The van der Waals surface area contributed by atoms with E-state index in [0.717, 1.165) is 0 Å². The van der Waals surface area contributed by atoms with Crippen LogP contribution in [0.5, 0.6) is 5.75 Å². The first kappa shape index (κ1) is 12.0. The minimum atomic E-state index is -1.01. The molecule has 0 fully saturated rings. The molecule has 1 rings (SSSR count). The second-order valence-electron chi connectivity index (χ2n) is 3.11. The molecule has 0 aromatic heterocycles. The fraction of sp³-hybridized carbons (Fsp3) is 0.273. The van der Waals surface area contributed by atoms with Gasteiger partial charge < -0.3 is 15.2 Å². The molecule has 0 spiro atoms. The fourth-order valence-electron chi connectivity index (χ4n) is 1.14. The SMILES string of the molecule is CNc1ccccc1OC(=O)CCC(=O)O. The van der Waals surface area contributed by atoms with Gasteiger partial charge in [-0.1, -0.05) is 12.1 Å². The first-order chi connectivity index (χ1) is 7.63. The van der Waals surface area contributed by atoms with Crippen molar-refractivity contribution in [3.8, 4) is 5.75 Å². The van der Waals surface area contributed by atoms with Gasteiger partial charge in [0.2, 0.25) is 0 Å². The Morgan fingerprint density at radius 3 is 2.62 bits per heavy atom. The molecule has 0 aliphatic rings. The number of carbonyl (C=O) groups is 2. The Hall–Kier alpha value is -2.04. The van der Waals surface area contributed by atoms with Gasteiger partial charge in [0.15, 0.2) is 5.75 Å². The van der Waals surface area contributed by atoms with Crippen molar-refractivity contribution in [1.82, 2.24) is 0 Å². The molecule has 0 saturated heterocycles. The Balaban J connectivity index is 2.58. The Bertz CT molecular complexity index is 389. The van der Waals surface area contributed by atoms with Gasteiger partial charge in [0.05, 0.1) is 18.5 Å². The molecule has 1 aromatic carbocycles. The molecular weight excluding hydrogens is 210 g/mol. The molecule has 0 heterocycles. The van der Waals surface area contributed by atoms with Gasteiger partial charge in [-0.05, 0) is 12.1 Å². The maximum atomic E-state index is 11.3. The number of rotatable bonds is 5. The third-order valence-corrected chi connectivity index (χ3v) is 1.92. The molecule has 0 aliphatic heterocycles. The number of para-hydroxylation sites is 2. The second-order valence-corrected chi connectivity index (χ2v) is 3.11. The van der Waals surface area contributed by atoms with Crippen molar-refractivity contribution in [3.05, 3.63) is 24.3 Å². The van der Waals surface area contributed by atoms with E-state index in [1.165, 1.54) is 0 Å². The summed E-state index contributed by atoms with van der Waals surface area (Å²) in [5, 5.41) is 11.3. The predicted molar refractivity (Wildman–Crippen MR) is 58.5 cm³/mol. The van der Waals surface area contributed by atoms with Crippen LogP contribution in [0.2, 0.25) is 0 Å². The van der Waals surface area contributed by atoms with Gasteiger partial charge in [-0.2, -0.15) is 0 Å². The summed E-state index contributed by atoms with van der Waals surface area (Å²) in [5.41, 5.74) is 0.686. The van der Waals surface area contributed by atoms with Crippen molar-refractivity contribution in [2.45, 2.75) is 12.8 Å². The van der Waals surface area contributed by atoms with Crippen molar-refractivity contribution >= 4 is 17.6 Å². The first-order valence-electron chi connectivity index (χ1n) is 4.82. The number of aliphatic carboxylic acids is 1. The number of nitrogens with one attached hydrogen (secondary N) is 1.